The first-order chi connectivity index (χ1) is 13.5. The Kier molecular flexibility index (Phi) is 5.00. The second-order valence-corrected chi connectivity index (χ2v) is 7.22. The smallest absolute Gasteiger partial charge is 0.257 e. The van der Waals surface area contributed by atoms with E-state index in [1.54, 1.807) is 12.3 Å². The third kappa shape index (κ3) is 3.57. The number of benzene rings is 1. The molecule has 1 saturated heterocycles. The molecule has 1 fully saturated rings. The van der Waals surface area contributed by atoms with Crippen molar-refractivity contribution in [3.8, 4) is 11.4 Å². The van der Waals surface area contributed by atoms with Crippen molar-refractivity contribution >= 4 is 5.91 Å². The number of carbonyl (C=O) groups is 1. The van der Waals surface area contributed by atoms with Crippen LogP contribution in [0.2, 0.25) is 0 Å². The zero-order valence-corrected chi connectivity index (χ0v) is 16.4. The van der Waals surface area contributed by atoms with Crippen molar-refractivity contribution in [3.63, 3.8) is 0 Å². The molecule has 0 radical (unpaired) electrons. The number of carbonyl (C=O) groups excluding carboxylic acids is 1. The van der Waals surface area contributed by atoms with Gasteiger partial charge in [0.25, 0.3) is 5.91 Å². The highest BCUT2D eigenvalue weighted by molar-refractivity contribution is 5.95. The van der Waals surface area contributed by atoms with Gasteiger partial charge in [0.2, 0.25) is 11.7 Å². The summed E-state index contributed by atoms with van der Waals surface area (Å²) in [6.45, 7) is 8.75. The molecule has 1 aromatic carbocycles. The van der Waals surface area contributed by atoms with Gasteiger partial charge in [0.15, 0.2) is 0 Å². The van der Waals surface area contributed by atoms with Gasteiger partial charge in [-0.2, -0.15) is 4.98 Å². The predicted molar refractivity (Wildman–Crippen MR) is 104 cm³/mol. The number of furan rings is 1. The summed E-state index contributed by atoms with van der Waals surface area (Å²) in [6.07, 6.45) is 1.56. The average molecular weight is 380 g/mol. The molecule has 1 amide bonds. The summed E-state index contributed by atoms with van der Waals surface area (Å²) >= 11 is 0. The summed E-state index contributed by atoms with van der Waals surface area (Å²) in [6, 6.07) is 9.80. The molecule has 1 unspecified atom stereocenters. The molecule has 3 heterocycles. The van der Waals surface area contributed by atoms with E-state index in [1.807, 2.05) is 43.0 Å². The molecule has 7 nitrogen and oxygen atoms in total. The highest BCUT2D eigenvalue weighted by Crippen LogP contribution is 2.24. The van der Waals surface area contributed by atoms with E-state index in [4.69, 9.17) is 8.94 Å². The van der Waals surface area contributed by atoms with Gasteiger partial charge in [0.1, 0.15) is 5.76 Å². The molecule has 0 aliphatic carbocycles. The zero-order valence-electron chi connectivity index (χ0n) is 16.4. The molecule has 146 valence electrons. The van der Waals surface area contributed by atoms with Gasteiger partial charge < -0.3 is 13.8 Å². The lowest BCUT2D eigenvalue weighted by atomic mass is 10.1. The molecular weight excluding hydrogens is 356 g/mol. The Morgan fingerprint density at radius 1 is 1.07 bits per heavy atom. The van der Waals surface area contributed by atoms with Crippen LogP contribution >= 0.6 is 0 Å². The Hall–Kier alpha value is -2.93. The number of hydrogen-bond acceptors (Lipinski definition) is 6. The maximum absolute atomic E-state index is 12.6. The first kappa shape index (κ1) is 18.4. The van der Waals surface area contributed by atoms with Crippen LogP contribution in [0.5, 0.6) is 0 Å². The number of nitrogens with zero attached hydrogens (tertiary/aromatic N) is 4. The first-order valence-corrected chi connectivity index (χ1v) is 9.51. The van der Waals surface area contributed by atoms with Crippen LogP contribution in [0.1, 0.15) is 40.5 Å². The van der Waals surface area contributed by atoms with Crippen molar-refractivity contribution in [1.82, 2.24) is 19.9 Å². The number of aromatic nitrogens is 2. The minimum absolute atomic E-state index is 0.000359. The zero-order chi connectivity index (χ0) is 19.7. The van der Waals surface area contributed by atoms with Crippen molar-refractivity contribution in [1.29, 1.82) is 0 Å². The lowest BCUT2D eigenvalue weighted by Crippen LogP contribution is -2.49. The summed E-state index contributed by atoms with van der Waals surface area (Å²) in [7, 11) is 0. The highest BCUT2D eigenvalue weighted by atomic mass is 16.5. The van der Waals surface area contributed by atoms with Gasteiger partial charge in [-0.15, -0.1) is 0 Å². The predicted octanol–water partition coefficient (Wildman–Crippen LogP) is 3.47. The number of hydrogen-bond donors (Lipinski definition) is 0. The molecule has 3 aromatic rings. The van der Waals surface area contributed by atoms with Crippen molar-refractivity contribution in [3.05, 3.63) is 59.4 Å². The van der Waals surface area contributed by atoms with E-state index in [-0.39, 0.29) is 11.9 Å². The monoisotopic (exact) mass is 380 g/mol. The standard InChI is InChI=1S/C21H24N4O3/c1-14-4-6-17(7-5-14)19-22-20(28-23-19)15(2)24-9-11-25(12-10-24)21(26)18-8-13-27-16(18)3/h4-8,13,15H,9-12H2,1-3H3. The minimum Gasteiger partial charge on any atom is -0.469 e. The second kappa shape index (κ2) is 7.59. The number of piperazine rings is 1. The van der Waals surface area contributed by atoms with E-state index >= 15 is 0 Å². The molecule has 1 aliphatic heterocycles. The SMILES string of the molecule is Cc1ccc(-c2noc(C(C)N3CCN(C(=O)c4ccoc4C)CC3)n2)cc1. The molecule has 28 heavy (non-hydrogen) atoms. The number of amides is 1. The van der Waals surface area contributed by atoms with Crippen LogP contribution in [0.3, 0.4) is 0 Å². The van der Waals surface area contributed by atoms with Gasteiger partial charge in [-0.25, -0.2) is 0 Å². The van der Waals surface area contributed by atoms with E-state index in [9.17, 15) is 4.79 Å². The maximum Gasteiger partial charge on any atom is 0.257 e. The Balaban J connectivity index is 1.39. The molecule has 0 bridgehead atoms. The van der Waals surface area contributed by atoms with Gasteiger partial charge in [-0.3, -0.25) is 9.69 Å². The van der Waals surface area contributed by atoms with Crippen molar-refractivity contribution in [2.75, 3.05) is 26.2 Å². The fourth-order valence-electron chi connectivity index (χ4n) is 3.47. The Bertz CT molecular complexity index is 952. The van der Waals surface area contributed by atoms with Crippen molar-refractivity contribution < 1.29 is 13.7 Å². The van der Waals surface area contributed by atoms with Gasteiger partial charge in [0.05, 0.1) is 17.9 Å². The molecular formula is C21H24N4O3. The first-order valence-electron chi connectivity index (χ1n) is 9.51. The quantitative estimate of drug-likeness (QED) is 0.690. The van der Waals surface area contributed by atoms with E-state index in [0.29, 0.717) is 36.1 Å². The summed E-state index contributed by atoms with van der Waals surface area (Å²) < 4.78 is 10.8. The molecule has 2 aromatic heterocycles. The number of aryl methyl sites for hydroxylation is 2. The average Bonchev–Trinajstić information content (AvgIpc) is 3.37. The maximum atomic E-state index is 12.6. The van der Waals surface area contributed by atoms with Crippen LogP contribution in [0, 0.1) is 13.8 Å². The van der Waals surface area contributed by atoms with E-state index in [0.717, 1.165) is 18.7 Å². The van der Waals surface area contributed by atoms with Crippen LogP contribution < -0.4 is 0 Å². The Morgan fingerprint density at radius 2 is 1.79 bits per heavy atom. The van der Waals surface area contributed by atoms with Crippen molar-refractivity contribution in [2.45, 2.75) is 26.8 Å². The molecule has 4 rings (SSSR count). The van der Waals surface area contributed by atoms with Crippen LogP contribution in [0.15, 0.2) is 45.5 Å². The molecule has 1 atom stereocenters. The van der Waals surface area contributed by atoms with Gasteiger partial charge in [-0.05, 0) is 26.8 Å². The minimum atomic E-state index is -0.000359. The van der Waals surface area contributed by atoms with Crippen LogP contribution in [0.25, 0.3) is 11.4 Å². The van der Waals surface area contributed by atoms with Gasteiger partial charge >= 0.3 is 0 Å². The van der Waals surface area contributed by atoms with Crippen molar-refractivity contribution in [2.24, 2.45) is 0 Å². The Labute approximate surface area is 163 Å². The normalized spacial score (nSPS) is 16.3. The summed E-state index contributed by atoms with van der Waals surface area (Å²) in [4.78, 5) is 21.3. The van der Waals surface area contributed by atoms with Gasteiger partial charge in [0, 0.05) is 31.7 Å². The summed E-state index contributed by atoms with van der Waals surface area (Å²) in [5.74, 6) is 1.89. The molecule has 0 N–H and O–H groups in total. The van der Waals surface area contributed by atoms with E-state index in [2.05, 4.69) is 22.0 Å². The third-order valence-electron chi connectivity index (χ3n) is 5.35. The number of rotatable bonds is 4. The van der Waals surface area contributed by atoms with Crippen LogP contribution in [-0.2, 0) is 0 Å². The Morgan fingerprint density at radius 3 is 2.43 bits per heavy atom. The molecule has 7 heteroatoms. The van der Waals surface area contributed by atoms with Crippen LogP contribution in [0.4, 0.5) is 0 Å². The third-order valence-corrected chi connectivity index (χ3v) is 5.35. The lowest BCUT2D eigenvalue weighted by Gasteiger charge is -2.36. The van der Waals surface area contributed by atoms with E-state index in [1.165, 1.54) is 5.56 Å². The fourth-order valence-corrected chi connectivity index (χ4v) is 3.47. The fraction of sp³-hybridized carbons (Fsp3) is 0.381. The largest absolute Gasteiger partial charge is 0.469 e. The topological polar surface area (TPSA) is 75.6 Å². The second-order valence-electron chi connectivity index (χ2n) is 7.22. The highest BCUT2D eigenvalue weighted by Gasteiger charge is 2.29. The summed E-state index contributed by atoms with van der Waals surface area (Å²) in [5.41, 5.74) is 2.78. The molecule has 0 saturated carbocycles. The summed E-state index contributed by atoms with van der Waals surface area (Å²) in [5, 5.41) is 4.13. The lowest BCUT2D eigenvalue weighted by molar-refractivity contribution is 0.0550. The molecule has 1 aliphatic rings. The molecule has 0 spiro atoms. The van der Waals surface area contributed by atoms with E-state index < -0.39 is 0 Å². The van der Waals surface area contributed by atoms with Crippen LogP contribution in [-0.4, -0.2) is 52.0 Å². The van der Waals surface area contributed by atoms with Gasteiger partial charge in [-0.1, -0.05) is 35.0 Å².